The summed E-state index contributed by atoms with van der Waals surface area (Å²) in [6.45, 7) is 4.54. The van der Waals surface area contributed by atoms with E-state index in [0.717, 1.165) is 37.1 Å². The molecule has 0 N–H and O–H groups in total. The van der Waals surface area contributed by atoms with Crippen molar-refractivity contribution in [2.75, 3.05) is 6.61 Å². The van der Waals surface area contributed by atoms with Crippen molar-refractivity contribution in [2.45, 2.75) is 64.4 Å². The fraction of sp³-hybridized carbons (Fsp3) is 0.750. The summed E-state index contributed by atoms with van der Waals surface area (Å²) in [5, 5.41) is 4.32. The molecule has 0 spiro atoms. The van der Waals surface area contributed by atoms with E-state index in [2.05, 4.69) is 5.10 Å². The van der Waals surface area contributed by atoms with Gasteiger partial charge in [0.15, 0.2) is 5.78 Å². The highest BCUT2D eigenvalue weighted by molar-refractivity contribution is 5.89. The third-order valence-electron chi connectivity index (χ3n) is 4.28. The molecule has 4 nitrogen and oxygen atoms in total. The average Bonchev–Trinajstić information content (AvgIpc) is 2.62. The number of aromatic nitrogens is 2. The van der Waals surface area contributed by atoms with Crippen LogP contribution in [0.1, 0.15) is 56.8 Å². The molecule has 0 unspecified atom stereocenters. The summed E-state index contributed by atoms with van der Waals surface area (Å²) in [5.74, 6) is 0.226. The molecule has 112 valence electrons. The minimum Gasteiger partial charge on any atom is -0.367 e. The quantitative estimate of drug-likeness (QED) is 0.778. The van der Waals surface area contributed by atoms with Gasteiger partial charge in [-0.25, -0.2) is 0 Å². The van der Waals surface area contributed by atoms with Crippen LogP contribution in [0.4, 0.5) is 0 Å². The van der Waals surface area contributed by atoms with Gasteiger partial charge in [0.1, 0.15) is 5.60 Å². The molecule has 0 aliphatic heterocycles. The predicted molar refractivity (Wildman–Crippen MR) is 78.7 cm³/mol. The van der Waals surface area contributed by atoms with Crippen molar-refractivity contribution in [3.8, 4) is 0 Å². The van der Waals surface area contributed by atoms with Crippen LogP contribution in [-0.2, 0) is 23.0 Å². The number of ether oxygens (including phenoxy) is 1. The molecule has 0 saturated heterocycles. The fourth-order valence-electron chi connectivity index (χ4n) is 3.23. The van der Waals surface area contributed by atoms with Crippen molar-refractivity contribution in [3.05, 3.63) is 17.5 Å². The Hall–Kier alpha value is -1.16. The van der Waals surface area contributed by atoms with Gasteiger partial charge in [0.05, 0.1) is 12.1 Å². The number of aryl methyl sites for hydroxylation is 2. The van der Waals surface area contributed by atoms with E-state index in [9.17, 15) is 4.79 Å². The first-order valence-electron chi connectivity index (χ1n) is 7.74. The van der Waals surface area contributed by atoms with E-state index in [1.807, 2.05) is 31.6 Å². The molecule has 0 amide bonds. The Balaban J connectivity index is 2.15. The van der Waals surface area contributed by atoms with E-state index in [0.29, 0.717) is 13.0 Å². The molecule has 1 aromatic rings. The third-order valence-corrected chi connectivity index (χ3v) is 4.28. The summed E-state index contributed by atoms with van der Waals surface area (Å²) in [4.78, 5) is 12.8. The van der Waals surface area contributed by atoms with E-state index < -0.39 is 5.60 Å². The Morgan fingerprint density at radius 1 is 1.35 bits per heavy atom. The number of hydrogen-bond donors (Lipinski definition) is 0. The van der Waals surface area contributed by atoms with E-state index in [-0.39, 0.29) is 5.78 Å². The highest BCUT2D eigenvalue weighted by atomic mass is 16.5. The van der Waals surface area contributed by atoms with E-state index in [4.69, 9.17) is 4.74 Å². The van der Waals surface area contributed by atoms with Gasteiger partial charge < -0.3 is 4.74 Å². The second-order valence-electron chi connectivity index (χ2n) is 5.84. The summed E-state index contributed by atoms with van der Waals surface area (Å²) in [6, 6.07) is 1.99. The molecule has 2 rings (SSSR count). The lowest BCUT2D eigenvalue weighted by Crippen LogP contribution is -2.42. The van der Waals surface area contributed by atoms with Gasteiger partial charge in [-0.1, -0.05) is 25.7 Å². The maximum atomic E-state index is 12.8. The van der Waals surface area contributed by atoms with Crippen LogP contribution in [0.2, 0.25) is 0 Å². The Bertz CT molecular complexity index is 457. The second kappa shape index (κ2) is 6.53. The van der Waals surface area contributed by atoms with Crippen molar-refractivity contribution in [2.24, 2.45) is 7.05 Å². The van der Waals surface area contributed by atoms with Crippen LogP contribution in [0.25, 0.3) is 0 Å². The summed E-state index contributed by atoms with van der Waals surface area (Å²) in [7, 11) is 1.90. The van der Waals surface area contributed by atoms with Crippen molar-refractivity contribution in [3.63, 3.8) is 0 Å². The Morgan fingerprint density at radius 3 is 2.50 bits per heavy atom. The highest BCUT2D eigenvalue weighted by Gasteiger charge is 2.39. The van der Waals surface area contributed by atoms with Crippen LogP contribution >= 0.6 is 0 Å². The molecule has 1 aromatic heterocycles. The lowest BCUT2D eigenvalue weighted by atomic mass is 9.87. The molecule has 1 fully saturated rings. The minimum absolute atomic E-state index is 0.226. The molecule has 1 heterocycles. The van der Waals surface area contributed by atoms with E-state index in [1.165, 1.54) is 12.8 Å². The maximum Gasteiger partial charge on any atom is 0.170 e. The Kier molecular flexibility index (Phi) is 4.97. The van der Waals surface area contributed by atoms with Crippen LogP contribution in [-0.4, -0.2) is 27.8 Å². The molecule has 0 atom stereocenters. The first kappa shape index (κ1) is 15.2. The molecule has 1 aliphatic carbocycles. The van der Waals surface area contributed by atoms with Gasteiger partial charge in [-0.2, -0.15) is 5.10 Å². The van der Waals surface area contributed by atoms with Crippen molar-refractivity contribution >= 4 is 5.78 Å². The number of rotatable bonds is 5. The monoisotopic (exact) mass is 278 g/mol. The molecule has 0 radical (unpaired) electrons. The average molecular weight is 278 g/mol. The van der Waals surface area contributed by atoms with E-state index in [1.54, 1.807) is 0 Å². The zero-order valence-electron chi connectivity index (χ0n) is 12.9. The fourth-order valence-corrected chi connectivity index (χ4v) is 3.23. The lowest BCUT2D eigenvalue weighted by molar-refractivity contribution is -0.145. The largest absolute Gasteiger partial charge is 0.367 e. The summed E-state index contributed by atoms with van der Waals surface area (Å²) >= 11 is 0. The van der Waals surface area contributed by atoms with Crippen LogP contribution in [0.5, 0.6) is 0 Å². The van der Waals surface area contributed by atoms with Gasteiger partial charge in [0.25, 0.3) is 0 Å². The third kappa shape index (κ3) is 3.29. The molecule has 0 bridgehead atoms. The smallest absolute Gasteiger partial charge is 0.170 e. The van der Waals surface area contributed by atoms with Gasteiger partial charge in [0, 0.05) is 19.3 Å². The molecule has 4 heteroatoms. The van der Waals surface area contributed by atoms with Crippen molar-refractivity contribution in [1.82, 2.24) is 9.78 Å². The number of ketones is 1. The van der Waals surface area contributed by atoms with Gasteiger partial charge in [0.2, 0.25) is 0 Å². The Labute approximate surface area is 121 Å². The first-order valence-corrected chi connectivity index (χ1v) is 7.74. The second-order valence-corrected chi connectivity index (χ2v) is 5.84. The first-order chi connectivity index (χ1) is 9.57. The van der Waals surface area contributed by atoms with Gasteiger partial charge in [-0.3, -0.25) is 9.48 Å². The van der Waals surface area contributed by atoms with Crippen LogP contribution in [0, 0.1) is 6.92 Å². The lowest BCUT2D eigenvalue weighted by Gasteiger charge is -2.31. The van der Waals surface area contributed by atoms with Crippen molar-refractivity contribution < 1.29 is 9.53 Å². The summed E-state index contributed by atoms with van der Waals surface area (Å²) < 4.78 is 7.76. The highest BCUT2D eigenvalue weighted by Crippen LogP contribution is 2.32. The summed E-state index contributed by atoms with van der Waals surface area (Å²) in [6.07, 6.45) is 6.79. The predicted octanol–water partition coefficient (Wildman–Crippen LogP) is 2.97. The number of carbonyl (C=O) groups excluding carboxylic acids is 1. The van der Waals surface area contributed by atoms with Crippen LogP contribution in [0.3, 0.4) is 0 Å². The molecule has 1 saturated carbocycles. The van der Waals surface area contributed by atoms with Gasteiger partial charge >= 0.3 is 0 Å². The zero-order chi connectivity index (χ0) is 14.6. The minimum atomic E-state index is -0.552. The summed E-state index contributed by atoms with van der Waals surface area (Å²) in [5.41, 5.74) is 1.39. The molecule has 1 aliphatic rings. The molecule has 0 aromatic carbocycles. The molecule has 20 heavy (non-hydrogen) atoms. The van der Waals surface area contributed by atoms with E-state index >= 15 is 0 Å². The number of hydrogen-bond acceptors (Lipinski definition) is 3. The van der Waals surface area contributed by atoms with Crippen LogP contribution < -0.4 is 0 Å². The number of Topliss-reactive ketones (excluding diaryl/α,β-unsaturated/α-hetero) is 1. The normalized spacial score (nSPS) is 18.8. The zero-order valence-corrected chi connectivity index (χ0v) is 12.9. The Morgan fingerprint density at radius 2 is 2.00 bits per heavy atom. The standard InChI is InChI=1S/C16H26N2O2/c1-4-20-16(9-7-5-6-8-10-16)15(19)12-14-11-13(2)17-18(14)3/h11H,4-10,12H2,1-3H3. The molecular formula is C16H26N2O2. The SMILES string of the molecule is CCOC1(C(=O)Cc2cc(C)nn2C)CCCCCC1. The van der Waals surface area contributed by atoms with Crippen molar-refractivity contribution in [1.29, 1.82) is 0 Å². The topological polar surface area (TPSA) is 44.1 Å². The maximum absolute atomic E-state index is 12.8. The molecular weight excluding hydrogens is 252 g/mol. The number of carbonyl (C=O) groups is 1. The number of nitrogens with zero attached hydrogens (tertiary/aromatic N) is 2. The van der Waals surface area contributed by atoms with Gasteiger partial charge in [-0.15, -0.1) is 0 Å². The van der Waals surface area contributed by atoms with Gasteiger partial charge in [-0.05, 0) is 32.8 Å². The van der Waals surface area contributed by atoms with Crippen LogP contribution in [0.15, 0.2) is 6.07 Å².